The summed E-state index contributed by atoms with van der Waals surface area (Å²) < 4.78 is 10.5. The molecule has 0 spiro atoms. The van der Waals surface area contributed by atoms with E-state index in [1.165, 1.54) is 4.90 Å². The number of anilines is 1. The fourth-order valence-corrected chi connectivity index (χ4v) is 2.75. The largest absolute Gasteiger partial charge is 0.442 e. The number of carbonyl (C=O) groups is 2. The van der Waals surface area contributed by atoms with Crippen LogP contribution in [0.5, 0.6) is 0 Å². The van der Waals surface area contributed by atoms with Gasteiger partial charge in [-0.25, -0.2) is 9.59 Å². The maximum Gasteiger partial charge on any atom is 0.414 e. The molecule has 7 nitrogen and oxygen atoms in total. The molecule has 0 radical (unpaired) electrons. The Morgan fingerprint density at radius 2 is 2.13 bits per heavy atom. The van der Waals surface area contributed by atoms with Gasteiger partial charge in [-0.2, -0.15) is 0 Å². The van der Waals surface area contributed by atoms with Gasteiger partial charge >= 0.3 is 12.1 Å². The Morgan fingerprint density at radius 1 is 1.35 bits per heavy atom. The quantitative estimate of drug-likeness (QED) is 0.910. The van der Waals surface area contributed by atoms with Crippen LogP contribution in [-0.4, -0.2) is 62.5 Å². The highest BCUT2D eigenvalue weighted by atomic mass is 35.5. The highest BCUT2D eigenvalue weighted by molar-refractivity contribution is 6.30. The van der Waals surface area contributed by atoms with Gasteiger partial charge < -0.3 is 19.7 Å². The molecule has 2 fully saturated rings. The van der Waals surface area contributed by atoms with Gasteiger partial charge in [0.2, 0.25) is 0 Å². The molecule has 0 saturated carbocycles. The van der Waals surface area contributed by atoms with Crippen molar-refractivity contribution in [2.24, 2.45) is 0 Å². The van der Waals surface area contributed by atoms with E-state index >= 15 is 0 Å². The maximum atomic E-state index is 12.0. The zero-order valence-electron chi connectivity index (χ0n) is 12.5. The number of nitrogens with zero attached hydrogens (tertiary/aromatic N) is 2. The van der Waals surface area contributed by atoms with E-state index in [0.717, 1.165) is 0 Å². The number of nitrogens with one attached hydrogen (secondary N) is 1. The van der Waals surface area contributed by atoms with Gasteiger partial charge in [0.1, 0.15) is 6.10 Å². The third kappa shape index (κ3) is 3.86. The lowest BCUT2D eigenvalue weighted by Crippen LogP contribution is -2.48. The number of benzene rings is 1. The van der Waals surface area contributed by atoms with Crippen LogP contribution in [0.15, 0.2) is 24.3 Å². The molecule has 2 aliphatic rings. The molecule has 1 unspecified atom stereocenters. The van der Waals surface area contributed by atoms with Gasteiger partial charge in [0, 0.05) is 23.8 Å². The average Bonchev–Trinajstić information content (AvgIpc) is 2.94. The van der Waals surface area contributed by atoms with Crippen LogP contribution in [0.2, 0.25) is 5.02 Å². The zero-order valence-corrected chi connectivity index (χ0v) is 13.3. The molecular formula is C15H18ClN3O4. The zero-order chi connectivity index (χ0) is 16.2. The highest BCUT2D eigenvalue weighted by Gasteiger charge is 2.33. The van der Waals surface area contributed by atoms with E-state index in [-0.39, 0.29) is 18.7 Å². The lowest BCUT2D eigenvalue weighted by Gasteiger charge is -2.27. The number of rotatable bonds is 3. The summed E-state index contributed by atoms with van der Waals surface area (Å²) in [5.74, 6) is 0. The Morgan fingerprint density at radius 3 is 2.87 bits per heavy atom. The number of carbonyl (C=O) groups excluding carboxylic acids is 2. The van der Waals surface area contributed by atoms with Gasteiger partial charge in [-0.05, 0) is 18.2 Å². The number of urea groups is 1. The summed E-state index contributed by atoms with van der Waals surface area (Å²) in [6.45, 7) is 2.90. The number of hydrogen-bond donors (Lipinski definition) is 1. The van der Waals surface area contributed by atoms with Crippen molar-refractivity contribution in [2.75, 3.05) is 44.3 Å². The minimum atomic E-state index is -0.433. The van der Waals surface area contributed by atoms with E-state index < -0.39 is 6.09 Å². The molecule has 2 heterocycles. The van der Waals surface area contributed by atoms with Gasteiger partial charge in [0.15, 0.2) is 0 Å². The smallest absolute Gasteiger partial charge is 0.414 e. The first kappa shape index (κ1) is 15.9. The summed E-state index contributed by atoms with van der Waals surface area (Å²) in [4.78, 5) is 27.2. The van der Waals surface area contributed by atoms with Crippen molar-refractivity contribution in [3.63, 3.8) is 0 Å². The molecule has 0 bridgehead atoms. The lowest BCUT2D eigenvalue weighted by atomic mass is 10.2. The number of halogens is 1. The first-order valence-corrected chi connectivity index (χ1v) is 7.85. The van der Waals surface area contributed by atoms with Crippen molar-refractivity contribution in [1.29, 1.82) is 0 Å². The molecule has 8 heteroatoms. The standard InChI is InChI=1S/C15H18ClN3O4/c16-11-2-1-3-12(8-11)19-10-13(23-15(19)21)9-17-14(20)18-4-6-22-7-5-18/h1-3,8,13H,4-7,9-10H2,(H,17,20). The molecule has 1 aromatic carbocycles. The SMILES string of the molecule is O=C(NCC1CN(c2cccc(Cl)c2)C(=O)O1)N1CCOCC1. The fourth-order valence-electron chi connectivity index (χ4n) is 2.56. The molecule has 2 saturated heterocycles. The van der Waals surface area contributed by atoms with Crippen molar-refractivity contribution in [2.45, 2.75) is 6.10 Å². The van der Waals surface area contributed by atoms with Crippen molar-refractivity contribution < 1.29 is 19.1 Å². The van der Waals surface area contributed by atoms with E-state index in [2.05, 4.69) is 5.32 Å². The molecule has 1 aromatic rings. The van der Waals surface area contributed by atoms with E-state index in [0.29, 0.717) is 43.6 Å². The summed E-state index contributed by atoms with van der Waals surface area (Å²) >= 11 is 5.94. The summed E-state index contributed by atoms with van der Waals surface area (Å²) in [7, 11) is 0. The second-order valence-electron chi connectivity index (χ2n) is 5.38. The van der Waals surface area contributed by atoms with Gasteiger partial charge in [0.25, 0.3) is 0 Å². The van der Waals surface area contributed by atoms with E-state index in [4.69, 9.17) is 21.1 Å². The first-order valence-electron chi connectivity index (χ1n) is 7.48. The Labute approximate surface area is 139 Å². The van der Waals surface area contributed by atoms with Crippen LogP contribution in [0.1, 0.15) is 0 Å². The predicted molar refractivity (Wildman–Crippen MR) is 84.9 cm³/mol. The Hall–Kier alpha value is -1.99. The second-order valence-corrected chi connectivity index (χ2v) is 5.82. The normalized spacial score (nSPS) is 21.3. The molecule has 2 aliphatic heterocycles. The van der Waals surface area contributed by atoms with Crippen LogP contribution >= 0.6 is 11.6 Å². The molecule has 23 heavy (non-hydrogen) atoms. The summed E-state index contributed by atoms with van der Waals surface area (Å²) in [5, 5.41) is 3.35. The van der Waals surface area contributed by atoms with Crippen LogP contribution in [0.4, 0.5) is 15.3 Å². The van der Waals surface area contributed by atoms with Crippen LogP contribution < -0.4 is 10.2 Å². The number of morpholine rings is 1. The lowest BCUT2D eigenvalue weighted by molar-refractivity contribution is 0.0523. The predicted octanol–water partition coefficient (Wildman–Crippen LogP) is 1.71. The van der Waals surface area contributed by atoms with Crippen molar-refractivity contribution >= 4 is 29.4 Å². The minimum Gasteiger partial charge on any atom is -0.442 e. The third-order valence-corrected chi connectivity index (χ3v) is 4.01. The number of hydrogen-bond acceptors (Lipinski definition) is 4. The first-order chi connectivity index (χ1) is 11.1. The number of cyclic esters (lactones) is 1. The number of ether oxygens (including phenoxy) is 2. The van der Waals surface area contributed by atoms with Crippen LogP contribution in [0.25, 0.3) is 0 Å². The monoisotopic (exact) mass is 339 g/mol. The third-order valence-electron chi connectivity index (χ3n) is 3.77. The molecule has 3 amide bonds. The van der Waals surface area contributed by atoms with Gasteiger partial charge in [-0.15, -0.1) is 0 Å². The van der Waals surface area contributed by atoms with Crippen molar-refractivity contribution in [3.8, 4) is 0 Å². The minimum absolute atomic E-state index is 0.162. The van der Waals surface area contributed by atoms with Crippen molar-refractivity contribution in [1.82, 2.24) is 10.2 Å². The second kappa shape index (κ2) is 7.06. The number of amides is 3. The van der Waals surface area contributed by atoms with Crippen LogP contribution in [-0.2, 0) is 9.47 Å². The molecule has 0 aliphatic carbocycles. The Kier molecular flexibility index (Phi) is 4.88. The average molecular weight is 340 g/mol. The van der Waals surface area contributed by atoms with Crippen LogP contribution in [0, 0.1) is 0 Å². The topological polar surface area (TPSA) is 71.1 Å². The van der Waals surface area contributed by atoms with Gasteiger partial charge in [-0.1, -0.05) is 17.7 Å². The fraction of sp³-hybridized carbons (Fsp3) is 0.467. The molecular weight excluding hydrogens is 322 g/mol. The molecule has 124 valence electrons. The van der Waals surface area contributed by atoms with Gasteiger partial charge in [-0.3, -0.25) is 4.90 Å². The Bertz CT molecular complexity index is 592. The molecule has 3 rings (SSSR count). The highest BCUT2D eigenvalue weighted by Crippen LogP contribution is 2.24. The van der Waals surface area contributed by atoms with Gasteiger partial charge in [0.05, 0.1) is 26.3 Å². The van der Waals surface area contributed by atoms with E-state index in [1.807, 2.05) is 0 Å². The summed E-state index contributed by atoms with van der Waals surface area (Å²) in [6, 6.07) is 6.86. The molecule has 0 aromatic heterocycles. The molecule has 1 N–H and O–H groups in total. The van der Waals surface area contributed by atoms with E-state index in [1.54, 1.807) is 29.2 Å². The van der Waals surface area contributed by atoms with Crippen molar-refractivity contribution in [3.05, 3.63) is 29.3 Å². The maximum absolute atomic E-state index is 12.0. The van der Waals surface area contributed by atoms with Crippen LogP contribution in [0.3, 0.4) is 0 Å². The van der Waals surface area contributed by atoms with E-state index in [9.17, 15) is 9.59 Å². The summed E-state index contributed by atoms with van der Waals surface area (Å²) in [6.07, 6.45) is -0.815. The molecule has 1 atom stereocenters. The summed E-state index contributed by atoms with van der Waals surface area (Å²) in [5.41, 5.74) is 0.685. The Balaban J connectivity index is 1.52.